The molecule has 5 aromatic heterocycles. The van der Waals surface area contributed by atoms with Crippen LogP contribution in [-0.2, 0) is 19.9 Å². The fourth-order valence-corrected chi connectivity index (χ4v) is 8.97. The van der Waals surface area contributed by atoms with Crippen molar-refractivity contribution in [3.05, 3.63) is 128 Å². The molecule has 12 heteroatoms. The van der Waals surface area contributed by atoms with Crippen LogP contribution >= 0.6 is 23.2 Å². The number of aryl methyl sites for hydroxylation is 5. The molecule has 1 aliphatic heterocycles. The number of benzene rings is 3. The first-order valence-corrected chi connectivity index (χ1v) is 19.7. The van der Waals surface area contributed by atoms with Gasteiger partial charge in [-0.2, -0.15) is 5.10 Å². The van der Waals surface area contributed by atoms with Gasteiger partial charge in [0.05, 0.1) is 28.5 Å². The van der Waals surface area contributed by atoms with E-state index in [9.17, 15) is 0 Å². The van der Waals surface area contributed by atoms with Crippen LogP contribution in [0.4, 0.5) is 5.69 Å². The minimum atomic E-state index is -0.0693. The van der Waals surface area contributed by atoms with Gasteiger partial charge in [0, 0.05) is 76.6 Å². The molecule has 0 spiro atoms. The summed E-state index contributed by atoms with van der Waals surface area (Å²) < 4.78 is 12.4. The van der Waals surface area contributed by atoms with Crippen LogP contribution < -0.4 is 9.64 Å². The number of carbonyl (C=O) groups is 1. The van der Waals surface area contributed by atoms with E-state index in [2.05, 4.69) is 57.9 Å². The van der Waals surface area contributed by atoms with Crippen LogP contribution in [-0.4, -0.2) is 53.0 Å². The summed E-state index contributed by atoms with van der Waals surface area (Å²) >= 11 is 13.6. The molecule has 0 saturated carbocycles. The highest BCUT2D eigenvalue weighted by molar-refractivity contribution is 6.35. The van der Waals surface area contributed by atoms with Crippen molar-refractivity contribution < 1.29 is 9.53 Å². The normalized spacial score (nSPS) is 14.5. The predicted molar refractivity (Wildman–Crippen MR) is 224 cm³/mol. The van der Waals surface area contributed by atoms with Crippen molar-refractivity contribution in [2.45, 2.75) is 59.9 Å². The maximum absolute atomic E-state index is 15.2. The molecule has 8 aromatic rings. The van der Waals surface area contributed by atoms with Crippen LogP contribution in [0.25, 0.3) is 38.6 Å². The molecule has 10 nitrogen and oxygen atoms in total. The van der Waals surface area contributed by atoms with Gasteiger partial charge in [0.1, 0.15) is 17.3 Å². The van der Waals surface area contributed by atoms with Gasteiger partial charge >= 0.3 is 0 Å². The number of nitrogens with zero attached hydrogens (tertiary/aromatic N) is 7. The van der Waals surface area contributed by atoms with Crippen LogP contribution in [0.3, 0.4) is 0 Å². The lowest BCUT2D eigenvalue weighted by Gasteiger charge is -2.34. The summed E-state index contributed by atoms with van der Waals surface area (Å²) in [6.45, 7) is 11.2. The molecule has 284 valence electrons. The van der Waals surface area contributed by atoms with Gasteiger partial charge in [-0.15, -0.1) is 10.2 Å². The van der Waals surface area contributed by atoms with E-state index in [0.29, 0.717) is 43.1 Å². The van der Waals surface area contributed by atoms with Gasteiger partial charge in [0.25, 0.3) is 5.91 Å². The number of aromatic amines is 1. The SMILES string of the molecule is Cc1cc(OCCCc2c3n(c4c(-c5c(C)nn(C)c5C)c(Cl)ccc24)[C@H](C)CN(c2c[nH]c4ccc(Cc5nnc6ccccn56)cc24)C3=O)cc(C)c1Cl. The second kappa shape index (κ2) is 13.9. The highest BCUT2D eigenvalue weighted by Crippen LogP contribution is 2.45. The summed E-state index contributed by atoms with van der Waals surface area (Å²) in [5, 5.41) is 16.9. The summed E-state index contributed by atoms with van der Waals surface area (Å²) in [6, 6.07) is 20.1. The molecular formula is C44H42Cl2N8O2. The predicted octanol–water partition coefficient (Wildman–Crippen LogP) is 9.93. The largest absolute Gasteiger partial charge is 0.494 e. The minimum Gasteiger partial charge on any atom is -0.494 e. The topological polar surface area (TPSA) is 98.3 Å². The second-order valence-corrected chi connectivity index (χ2v) is 15.8. The lowest BCUT2D eigenvalue weighted by atomic mass is 9.98. The molecule has 0 bridgehead atoms. The number of ether oxygens (including phenoxy) is 1. The van der Waals surface area contributed by atoms with Crippen molar-refractivity contribution in [1.29, 1.82) is 0 Å². The Kier molecular flexibility index (Phi) is 8.93. The molecular weight excluding hydrogens is 743 g/mol. The number of carbonyl (C=O) groups excluding carboxylic acids is 1. The molecule has 0 aliphatic carbocycles. The third-order valence-corrected chi connectivity index (χ3v) is 12.2. The molecule has 3 aromatic carbocycles. The summed E-state index contributed by atoms with van der Waals surface area (Å²) in [5.74, 6) is 1.60. The van der Waals surface area contributed by atoms with E-state index < -0.39 is 0 Å². The number of aromatic nitrogens is 7. The highest BCUT2D eigenvalue weighted by atomic mass is 35.5. The first kappa shape index (κ1) is 36.1. The lowest BCUT2D eigenvalue weighted by Crippen LogP contribution is -2.42. The van der Waals surface area contributed by atoms with Crippen LogP contribution in [0.5, 0.6) is 5.75 Å². The summed E-state index contributed by atoms with van der Waals surface area (Å²) in [4.78, 5) is 20.6. The van der Waals surface area contributed by atoms with E-state index in [1.54, 1.807) is 0 Å². The maximum Gasteiger partial charge on any atom is 0.275 e. The van der Waals surface area contributed by atoms with Crippen molar-refractivity contribution in [1.82, 2.24) is 33.9 Å². The smallest absolute Gasteiger partial charge is 0.275 e. The molecule has 0 saturated heterocycles. The number of rotatable bonds is 9. The van der Waals surface area contributed by atoms with Crippen molar-refractivity contribution in [2.75, 3.05) is 18.1 Å². The van der Waals surface area contributed by atoms with E-state index in [-0.39, 0.29) is 11.9 Å². The van der Waals surface area contributed by atoms with E-state index in [1.807, 2.05) is 90.6 Å². The summed E-state index contributed by atoms with van der Waals surface area (Å²) in [7, 11) is 1.95. The fourth-order valence-electron chi connectivity index (χ4n) is 8.62. The van der Waals surface area contributed by atoms with Crippen LogP contribution in [0.2, 0.25) is 10.0 Å². The summed E-state index contributed by atoms with van der Waals surface area (Å²) in [5.41, 5.74) is 12.1. The van der Waals surface area contributed by atoms with E-state index >= 15 is 4.79 Å². The number of nitrogens with one attached hydrogen (secondary N) is 1. The van der Waals surface area contributed by atoms with Gasteiger partial charge in [0.15, 0.2) is 5.65 Å². The van der Waals surface area contributed by atoms with Crippen LogP contribution in [0, 0.1) is 27.7 Å². The Labute approximate surface area is 334 Å². The Balaban J connectivity index is 1.13. The average molecular weight is 786 g/mol. The number of fused-ring (bicyclic) bond motifs is 5. The fraction of sp³-hybridized carbons (Fsp3) is 0.273. The average Bonchev–Trinajstić information content (AvgIpc) is 3.93. The van der Waals surface area contributed by atoms with Gasteiger partial charge in [-0.25, -0.2) is 0 Å². The third kappa shape index (κ3) is 5.85. The number of halogens is 2. The van der Waals surface area contributed by atoms with Crippen LogP contribution in [0.15, 0.2) is 73.1 Å². The zero-order valence-electron chi connectivity index (χ0n) is 32.2. The first-order chi connectivity index (χ1) is 27.0. The molecule has 9 rings (SSSR count). The Morgan fingerprint density at radius 1 is 0.946 bits per heavy atom. The van der Waals surface area contributed by atoms with Crippen molar-refractivity contribution in [2.24, 2.45) is 7.05 Å². The molecule has 1 atom stereocenters. The lowest BCUT2D eigenvalue weighted by molar-refractivity contribution is 0.0957. The molecule has 0 radical (unpaired) electrons. The van der Waals surface area contributed by atoms with Gasteiger partial charge in [-0.1, -0.05) is 41.4 Å². The second-order valence-electron chi connectivity index (χ2n) is 15.0. The highest BCUT2D eigenvalue weighted by Gasteiger charge is 2.37. The number of H-pyrrole nitrogens is 1. The van der Waals surface area contributed by atoms with E-state index in [4.69, 9.17) is 33.0 Å². The Morgan fingerprint density at radius 2 is 1.75 bits per heavy atom. The standard InChI is InChI=1S/C44H42Cl2N8O2/c1-24-18-30(19-25(2)41(24)46)56-17-9-10-31-32-13-14-34(45)40(39-27(4)50-51(6)28(39)5)42(32)54-26(3)23-53(44(55)43(31)54)36-22-47-35-15-12-29(20-33(35)36)21-38-49-48-37-11-7-8-16-52(37)38/h7-8,11-16,18-20,22,26,47H,9-10,17,21,23H2,1-6H3/t26-/m1/s1. The number of pyridine rings is 1. The molecule has 0 unspecified atom stereocenters. The summed E-state index contributed by atoms with van der Waals surface area (Å²) in [6.07, 6.45) is 5.87. The zero-order chi connectivity index (χ0) is 39.0. The molecule has 1 aliphatic rings. The van der Waals surface area contributed by atoms with Crippen molar-refractivity contribution >= 4 is 62.2 Å². The Morgan fingerprint density at radius 3 is 2.52 bits per heavy atom. The molecule has 6 heterocycles. The van der Waals surface area contributed by atoms with Crippen LogP contribution in [0.1, 0.15) is 69.3 Å². The minimum absolute atomic E-state index is 0.0457. The molecule has 56 heavy (non-hydrogen) atoms. The van der Waals surface area contributed by atoms with Crippen molar-refractivity contribution in [3.8, 4) is 16.9 Å². The molecule has 1 amide bonds. The number of hydrogen-bond acceptors (Lipinski definition) is 5. The van der Waals surface area contributed by atoms with Gasteiger partial charge in [-0.3, -0.25) is 13.9 Å². The van der Waals surface area contributed by atoms with Gasteiger partial charge in [0.2, 0.25) is 0 Å². The van der Waals surface area contributed by atoms with Gasteiger partial charge < -0.3 is 19.2 Å². The number of amides is 1. The quantitative estimate of drug-likeness (QED) is 0.147. The van der Waals surface area contributed by atoms with E-state index in [0.717, 1.165) is 94.5 Å². The number of anilines is 1. The molecule has 1 N–H and O–H groups in total. The molecule has 0 fully saturated rings. The van der Waals surface area contributed by atoms with E-state index in [1.165, 1.54) is 0 Å². The maximum atomic E-state index is 15.2. The Bertz CT molecular complexity index is 2840. The first-order valence-electron chi connectivity index (χ1n) is 19.0. The number of hydrogen-bond donors (Lipinski definition) is 1. The van der Waals surface area contributed by atoms with Crippen molar-refractivity contribution in [3.63, 3.8) is 0 Å². The monoisotopic (exact) mass is 784 g/mol. The zero-order valence-corrected chi connectivity index (χ0v) is 33.8. The van der Waals surface area contributed by atoms with Gasteiger partial charge in [-0.05, 0) is 112 Å². The third-order valence-electron chi connectivity index (χ3n) is 11.3. The Hall–Kier alpha value is -5.58.